The van der Waals surface area contributed by atoms with E-state index in [-0.39, 0.29) is 18.1 Å². The molecule has 0 unspecified atom stereocenters. The van der Waals surface area contributed by atoms with Crippen LogP contribution in [0.3, 0.4) is 0 Å². The average molecular weight is 433 g/mol. The summed E-state index contributed by atoms with van der Waals surface area (Å²) in [6.07, 6.45) is 3.04. The van der Waals surface area contributed by atoms with Gasteiger partial charge in [-0.05, 0) is 29.8 Å². The Labute approximate surface area is 184 Å². The predicted molar refractivity (Wildman–Crippen MR) is 119 cm³/mol. The van der Waals surface area contributed by atoms with Gasteiger partial charge in [0.1, 0.15) is 23.2 Å². The maximum absolute atomic E-state index is 12.8. The number of rotatable bonds is 9. The third kappa shape index (κ3) is 4.94. The largest absolute Gasteiger partial charge is 0.497 e. The highest BCUT2D eigenvalue weighted by Crippen LogP contribution is 2.16. The van der Waals surface area contributed by atoms with E-state index in [1.54, 1.807) is 40.6 Å². The van der Waals surface area contributed by atoms with Gasteiger partial charge in [-0.1, -0.05) is 30.3 Å². The Bertz CT molecular complexity index is 1250. The fourth-order valence-corrected chi connectivity index (χ4v) is 3.23. The molecule has 1 N–H and O–H groups in total. The zero-order valence-corrected chi connectivity index (χ0v) is 17.6. The number of carbonyl (C=O) groups is 1. The molecule has 0 spiro atoms. The van der Waals surface area contributed by atoms with Crippen molar-refractivity contribution < 1.29 is 14.3 Å². The Morgan fingerprint density at radius 1 is 1.06 bits per heavy atom. The lowest BCUT2D eigenvalue weighted by atomic mass is 10.2. The quantitative estimate of drug-likeness (QED) is 0.432. The molecule has 0 radical (unpaired) electrons. The fourth-order valence-electron chi connectivity index (χ4n) is 3.23. The predicted octanol–water partition coefficient (Wildman–Crippen LogP) is 1.85. The van der Waals surface area contributed by atoms with Crippen molar-refractivity contribution in [2.45, 2.75) is 13.1 Å². The summed E-state index contributed by atoms with van der Waals surface area (Å²) in [5, 5.41) is 7.48. The standard InChI is InChI=1S/C23H23N5O4/c1-31-18-7-9-19(10-8-18)32-15-21(29)24-11-12-28-22-20(13-26-28)23(30)27(16-25-22)14-17-5-3-2-4-6-17/h2-10,13,16H,11-12,14-15H2,1H3,(H,24,29). The molecule has 4 aromatic rings. The van der Waals surface area contributed by atoms with Crippen LogP contribution in [0.15, 0.2) is 71.9 Å². The summed E-state index contributed by atoms with van der Waals surface area (Å²) in [5.41, 5.74) is 1.35. The number of carbonyl (C=O) groups excluding carboxylic acids is 1. The summed E-state index contributed by atoms with van der Waals surface area (Å²) in [6, 6.07) is 16.7. The molecule has 0 aliphatic heterocycles. The minimum atomic E-state index is -0.254. The highest BCUT2D eigenvalue weighted by atomic mass is 16.5. The Balaban J connectivity index is 1.31. The van der Waals surface area contributed by atoms with E-state index in [0.29, 0.717) is 42.2 Å². The molecular weight excluding hydrogens is 410 g/mol. The first-order chi connectivity index (χ1) is 15.6. The number of amides is 1. The van der Waals surface area contributed by atoms with Gasteiger partial charge >= 0.3 is 0 Å². The molecule has 2 aromatic heterocycles. The topological polar surface area (TPSA) is 100 Å². The first-order valence-corrected chi connectivity index (χ1v) is 10.1. The zero-order chi connectivity index (χ0) is 22.3. The molecule has 0 saturated heterocycles. The Kier molecular flexibility index (Phi) is 6.45. The molecule has 1 amide bonds. The second kappa shape index (κ2) is 9.78. The summed E-state index contributed by atoms with van der Waals surface area (Å²) in [6.45, 7) is 1.05. The van der Waals surface area contributed by atoms with Crippen LogP contribution in [0.25, 0.3) is 11.0 Å². The molecule has 0 atom stereocenters. The van der Waals surface area contributed by atoms with Gasteiger partial charge in [0.25, 0.3) is 11.5 Å². The minimum absolute atomic E-state index is 0.103. The average Bonchev–Trinajstić information content (AvgIpc) is 3.24. The SMILES string of the molecule is COc1ccc(OCC(=O)NCCn2ncc3c(=O)n(Cc4ccccc4)cnc32)cc1. The van der Waals surface area contributed by atoms with Gasteiger partial charge in [-0.15, -0.1) is 0 Å². The van der Waals surface area contributed by atoms with E-state index >= 15 is 0 Å². The molecule has 9 nitrogen and oxygen atoms in total. The molecule has 2 heterocycles. The number of nitrogens with one attached hydrogen (secondary N) is 1. The van der Waals surface area contributed by atoms with Gasteiger partial charge in [-0.25, -0.2) is 9.67 Å². The summed E-state index contributed by atoms with van der Waals surface area (Å²) < 4.78 is 13.7. The lowest BCUT2D eigenvalue weighted by molar-refractivity contribution is -0.123. The van der Waals surface area contributed by atoms with Crippen LogP contribution in [0.5, 0.6) is 11.5 Å². The molecule has 2 aromatic carbocycles. The smallest absolute Gasteiger partial charge is 0.264 e. The van der Waals surface area contributed by atoms with E-state index in [1.165, 1.54) is 12.5 Å². The number of methoxy groups -OCH3 is 1. The van der Waals surface area contributed by atoms with Gasteiger partial charge in [0.15, 0.2) is 12.3 Å². The van der Waals surface area contributed by atoms with Gasteiger partial charge in [0.05, 0.1) is 26.4 Å². The molecule has 0 fully saturated rings. The van der Waals surface area contributed by atoms with E-state index < -0.39 is 0 Å². The molecule has 9 heteroatoms. The van der Waals surface area contributed by atoms with Crippen molar-refractivity contribution in [3.8, 4) is 11.5 Å². The first-order valence-electron chi connectivity index (χ1n) is 10.1. The summed E-state index contributed by atoms with van der Waals surface area (Å²) in [4.78, 5) is 29.2. The van der Waals surface area contributed by atoms with E-state index in [1.807, 2.05) is 30.3 Å². The van der Waals surface area contributed by atoms with Crippen molar-refractivity contribution >= 4 is 16.9 Å². The van der Waals surface area contributed by atoms with Gasteiger partial charge in [0.2, 0.25) is 0 Å². The molecule has 164 valence electrons. The van der Waals surface area contributed by atoms with Crippen LogP contribution < -0.4 is 20.3 Å². The van der Waals surface area contributed by atoms with Crippen LogP contribution in [0.2, 0.25) is 0 Å². The first kappa shape index (κ1) is 21.1. The molecule has 32 heavy (non-hydrogen) atoms. The summed E-state index contributed by atoms with van der Waals surface area (Å²) in [7, 11) is 1.59. The lowest BCUT2D eigenvalue weighted by Crippen LogP contribution is -2.31. The maximum atomic E-state index is 12.8. The Hall–Kier alpha value is -4.14. The fraction of sp³-hybridized carbons (Fsp3) is 0.217. The van der Waals surface area contributed by atoms with E-state index in [2.05, 4.69) is 15.4 Å². The van der Waals surface area contributed by atoms with Crippen LogP contribution in [0.1, 0.15) is 5.56 Å². The summed E-state index contributed by atoms with van der Waals surface area (Å²) >= 11 is 0. The third-order valence-electron chi connectivity index (χ3n) is 4.89. The number of hydrogen-bond donors (Lipinski definition) is 1. The lowest BCUT2D eigenvalue weighted by Gasteiger charge is -2.09. The monoisotopic (exact) mass is 433 g/mol. The molecule has 0 aliphatic rings. The molecule has 0 aliphatic carbocycles. The Morgan fingerprint density at radius 3 is 2.56 bits per heavy atom. The maximum Gasteiger partial charge on any atom is 0.264 e. The van der Waals surface area contributed by atoms with Crippen molar-refractivity contribution in [2.24, 2.45) is 0 Å². The highest BCUT2D eigenvalue weighted by Gasteiger charge is 2.11. The third-order valence-corrected chi connectivity index (χ3v) is 4.89. The van der Waals surface area contributed by atoms with Crippen molar-refractivity contribution in [1.29, 1.82) is 0 Å². The van der Waals surface area contributed by atoms with Crippen LogP contribution in [0.4, 0.5) is 0 Å². The number of hydrogen-bond acceptors (Lipinski definition) is 6. The second-order valence-corrected chi connectivity index (χ2v) is 7.08. The van der Waals surface area contributed by atoms with Gasteiger partial charge in [-0.2, -0.15) is 5.10 Å². The number of nitrogens with zero attached hydrogens (tertiary/aromatic N) is 4. The minimum Gasteiger partial charge on any atom is -0.497 e. The molecule has 0 saturated carbocycles. The van der Waals surface area contributed by atoms with Crippen molar-refractivity contribution in [2.75, 3.05) is 20.3 Å². The van der Waals surface area contributed by atoms with Crippen LogP contribution in [-0.2, 0) is 17.9 Å². The van der Waals surface area contributed by atoms with E-state index in [4.69, 9.17) is 9.47 Å². The molecule has 4 rings (SSSR count). The van der Waals surface area contributed by atoms with Crippen molar-refractivity contribution in [1.82, 2.24) is 24.6 Å². The number of fused-ring (bicyclic) bond motifs is 1. The summed E-state index contributed by atoms with van der Waals surface area (Å²) in [5.74, 6) is 1.04. The van der Waals surface area contributed by atoms with E-state index in [0.717, 1.165) is 5.56 Å². The number of benzene rings is 2. The van der Waals surface area contributed by atoms with E-state index in [9.17, 15) is 9.59 Å². The van der Waals surface area contributed by atoms with Crippen LogP contribution in [-0.4, -0.2) is 45.5 Å². The molecule has 0 bridgehead atoms. The normalized spacial score (nSPS) is 10.8. The van der Waals surface area contributed by atoms with Crippen molar-refractivity contribution in [3.63, 3.8) is 0 Å². The molecular formula is C23H23N5O4. The van der Waals surface area contributed by atoms with Gasteiger partial charge in [-0.3, -0.25) is 14.2 Å². The number of aromatic nitrogens is 4. The highest BCUT2D eigenvalue weighted by molar-refractivity contribution is 5.77. The van der Waals surface area contributed by atoms with Crippen LogP contribution >= 0.6 is 0 Å². The van der Waals surface area contributed by atoms with Crippen molar-refractivity contribution in [3.05, 3.63) is 83.0 Å². The van der Waals surface area contributed by atoms with Crippen LogP contribution in [0, 0.1) is 0 Å². The Morgan fingerprint density at radius 2 is 1.81 bits per heavy atom. The number of ether oxygens (including phenoxy) is 2. The zero-order valence-electron chi connectivity index (χ0n) is 17.6. The van der Waals surface area contributed by atoms with Gasteiger partial charge < -0.3 is 14.8 Å². The second-order valence-electron chi connectivity index (χ2n) is 7.08. The van der Waals surface area contributed by atoms with Gasteiger partial charge in [0, 0.05) is 6.54 Å².